The summed E-state index contributed by atoms with van der Waals surface area (Å²) in [6.45, 7) is 0.856. The van der Waals surface area contributed by atoms with E-state index in [2.05, 4.69) is 4.98 Å². The molecule has 2 heterocycles. The number of likely N-dealkylation sites (tertiary alicyclic amines) is 1. The summed E-state index contributed by atoms with van der Waals surface area (Å²) in [5.74, 6) is -1.26. The lowest BCUT2D eigenvalue weighted by atomic mass is 9.95. The summed E-state index contributed by atoms with van der Waals surface area (Å²) in [5.41, 5.74) is 0.834. The van der Waals surface area contributed by atoms with Gasteiger partial charge in [-0.05, 0) is 37.9 Å². The molecule has 1 N–H and O–H groups in total. The fourth-order valence-electron chi connectivity index (χ4n) is 3.50. The molecule has 1 amide bonds. The van der Waals surface area contributed by atoms with Gasteiger partial charge in [-0.3, -0.25) is 14.6 Å². The molecule has 9 heteroatoms. The minimum absolute atomic E-state index is 0.0300. The molecule has 0 spiro atoms. The van der Waals surface area contributed by atoms with Crippen LogP contribution in [-0.4, -0.2) is 73.0 Å². The number of aromatic nitrogens is 1. The Morgan fingerprint density at radius 2 is 1.81 bits per heavy atom. The number of aliphatic hydroxyl groups is 1. The number of ketones is 1. The van der Waals surface area contributed by atoms with Crippen molar-refractivity contribution in [1.82, 2.24) is 14.8 Å². The van der Waals surface area contributed by atoms with E-state index in [1.807, 2.05) is 19.0 Å². The number of methoxy groups -OCH3 is 2. The van der Waals surface area contributed by atoms with Crippen molar-refractivity contribution in [3.05, 3.63) is 58.4 Å². The highest BCUT2D eigenvalue weighted by Gasteiger charge is 2.46. The van der Waals surface area contributed by atoms with Crippen molar-refractivity contribution in [3.63, 3.8) is 0 Å². The Kier molecular flexibility index (Phi) is 6.82. The number of carbonyl (C=O) groups excluding carboxylic acids is 2. The van der Waals surface area contributed by atoms with E-state index < -0.39 is 17.7 Å². The normalized spacial score (nSPS) is 18.0. The maximum atomic E-state index is 13.0. The lowest BCUT2D eigenvalue weighted by Gasteiger charge is -2.26. The number of aliphatic hydroxyl groups excluding tert-OH is 1. The Morgan fingerprint density at radius 1 is 1.16 bits per heavy atom. The molecule has 1 unspecified atom stereocenters. The summed E-state index contributed by atoms with van der Waals surface area (Å²) in [6.07, 6.45) is 3.15. The number of halogens is 1. The Hall–Kier alpha value is -3.10. The number of hydrogen-bond acceptors (Lipinski definition) is 7. The molecule has 1 aromatic heterocycles. The number of Topliss-reactive ketones (excluding diaryl/α,β-unsaturated/α-hetero) is 1. The first kappa shape index (κ1) is 22.6. The molecule has 1 atom stereocenters. The molecule has 1 aliphatic heterocycles. The average molecular weight is 446 g/mol. The number of likely N-dealkylation sites (N-methyl/N-ethyl adjacent to an activating group) is 1. The molecular weight excluding hydrogens is 422 g/mol. The summed E-state index contributed by atoms with van der Waals surface area (Å²) in [6, 6.07) is 5.62. The quantitative estimate of drug-likeness (QED) is 0.398. The minimum Gasteiger partial charge on any atom is -0.507 e. The third kappa shape index (κ3) is 4.35. The lowest BCUT2D eigenvalue weighted by Crippen LogP contribution is -2.35. The molecule has 2 aromatic rings. The largest absolute Gasteiger partial charge is 0.507 e. The number of carbonyl (C=O) groups is 2. The van der Waals surface area contributed by atoms with Crippen molar-refractivity contribution in [3.8, 4) is 11.5 Å². The van der Waals surface area contributed by atoms with Crippen molar-refractivity contribution >= 4 is 29.1 Å². The van der Waals surface area contributed by atoms with Gasteiger partial charge in [-0.2, -0.15) is 0 Å². The van der Waals surface area contributed by atoms with Gasteiger partial charge in [-0.25, -0.2) is 0 Å². The van der Waals surface area contributed by atoms with Crippen molar-refractivity contribution in [2.45, 2.75) is 6.04 Å². The number of amides is 1. The maximum absolute atomic E-state index is 13.0. The molecule has 1 aromatic carbocycles. The molecule has 31 heavy (non-hydrogen) atoms. The van der Waals surface area contributed by atoms with Crippen LogP contribution in [0, 0.1) is 0 Å². The van der Waals surface area contributed by atoms with Crippen LogP contribution in [0.15, 0.2) is 42.2 Å². The standard InChI is InChI=1S/C22H24ClN3O5/c1-25(2)9-10-26-19(13-5-7-24-8-6-13)18(21(28)22(26)29)20(27)14-11-17(31-4)15(23)12-16(14)30-3/h5-8,11-12,19,27H,9-10H2,1-4H3/b20-18+. The summed E-state index contributed by atoms with van der Waals surface area (Å²) < 4.78 is 10.6. The van der Waals surface area contributed by atoms with Crippen LogP contribution < -0.4 is 9.47 Å². The summed E-state index contributed by atoms with van der Waals surface area (Å²) in [7, 11) is 6.62. The van der Waals surface area contributed by atoms with E-state index in [4.69, 9.17) is 21.1 Å². The van der Waals surface area contributed by atoms with Crippen molar-refractivity contribution in [1.29, 1.82) is 0 Å². The number of nitrogens with zero attached hydrogens (tertiary/aromatic N) is 3. The molecule has 0 bridgehead atoms. The molecule has 0 radical (unpaired) electrons. The molecule has 8 nitrogen and oxygen atoms in total. The van der Waals surface area contributed by atoms with E-state index in [0.29, 0.717) is 24.4 Å². The zero-order valence-electron chi connectivity index (χ0n) is 17.8. The number of rotatable bonds is 7. The highest BCUT2D eigenvalue weighted by Crippen LogP contribution is 2.42. The third-order valence-electron chi connectivity index (χ3n) is 5.08. The Morgan fingerprint density at radius 3 is 2.39 bits per heavy atom. The highest BCUT2D eigenvalue weighted by molar-refractivity contribution is 6.46. The Bertz CT molecular complexity index is 1020. The monoisotopic (exact) mass is 445 g/mol. The maximum Gasteiger partial charge on any atom is 0.295 e. The number of hydrogen-bond donors (Lipinski definition) is 1. The zero-order chi connectivity index (χ0) is 22.7. The van der Waals surface area contributed by atoms with Gasteiger partial charge in [0.05, 0.1) is 36.4 Å². The van der Waals surface area contributed by atoms with Crippen LogP contribution in [-0.2, 0) is 9.59 Å². The average Bonchev–Trinajstić information content (AvgIpc) is 3.02. The Balaban J connectivity index is 2.22. The SMILES string of the molecule is COc1cc(/C(O)=C2\C(=O)C(=O)N(CCN(C)C)C2c2ccncc2)c(OC)cc1Cl. The number of ether oxygens (including phenoxy) is 2. The second-order valence-corrected chi connectivity index (χ2v) is 7.67. The predicted molar refractivity (Wildman–Crippen MR) is 116 cm³/mol. The minimum atomic E-state index is -0.769. The smallest absolute Gasteiger partial charge is 0.295 e. The first-order valence-electron chi connectivity index (χ1n) is 9.55. The van der Waals surface area contributed by atoms with Gasteiger partial charge < -0.3 is 24.4 Å². The Labute approximate surface area is 185 Å². The van der Waals surface area contributed by atoms with Crippen molar-refractivity contribution in [2.75, 3.05) is 41.4 Å². The second-order valence-electron chi connectivity index (χ2n) is 7.26. The summed E-state index contributed by atoms with van der Waals surface area (Å²) in [5, 5.41) is 11.5. The van der Waals surface area contributed by atoms with Gasteiger partial charge in [0.25, 0.3) is 11.7 Å². The summed E-state index contributed by atoms with van der Waals surface area (Å²) in [4.78, 5) is 33.3. The van der Waals surface area contributed by atoms with E-state index in [1.54, 1.807) is 24.5 Å². The second kappa shape index (κ2) is 9.36. The predicted octanol–water partition coefficient (Wildman–Crippen LogP) is 2.74. The fourth-order valence-corrected chi connectivity index (χ4v) is 3.73. The summed E-state index contributed by atoms with van der Waals surface area (Å²) >= 11 is 6.17. The molecule has 1 saturated heterocycles. The lowest BCUT2D eigenvalue weighted by molar-refractivity contribution is -0.140. The van der Waals surface area contributed by atoms with Gasteiger partial charge in [-0.1, -0.05) is 11.6 Å². The van der Waals surface area contributed by atoms with Gasteiger partial charge in [0.1, 0.15) is 17.3 Å². The van der Waals surface area contributed by atoms with E-state index in [1.165, 1.54) is 31.3 Å². The van der Waals surface area contributed by atoms with Gasteiger partial charge in [0, 0.05) is 31.5 Å². The van der Waals surface area contributed by atoms with E-state index in [-0.39, 0.29) is 27.7 Å². The fraction of sp³-hybridized carbons (Fsp3) is 0.318. The van der Waals surface area contributed by atoms with Crippen LogP contribution in [0.4, 0.5) is 0 Å². The van der Waals surface area contributed by atoms with Crippen LogP contribution in [0.5, 0.6) is 11.5 Å². The van der Waals surface area contributed by atoms with Crippen molar-refractivity contribution < 1.29 is 24.2 Å². The van der Waals surface area contributed by atoms with Crippen LogP contribution in [0.25, 0.3) is 5.76 Å². The van der Waals surface area contributed by atoms with E-state index >= 15 is 0 Å². The number of pyridine rings is 1. The topological polar surface area (TPSA) is 92.2 Å². The molecule has 0 saturated carbocycles. The van der Waals surface area contributed by atoms with E-state index in [0.717, 1.165) is 0 Å². The van der Waals surface area contributed by atoms with Gasteiger partial charge in [-0.15, -0.1) is 0 Å². The zero-order valence-corrected chi connectivity index (χ0v) is 18.5. The van der Waals surface area contributed by atoms with Crippen LogP contribution >= 0.6 is 11.6 Å². The number of benzene rings is 1. The van der Waals surface area contributed by atoms with Gasteiger partial charge in [0.15, 0.2) is 0 Å². The first-order chi connectivity index (χ1) is 14.8. The molecule has 3 rings (SSSR count). The van der Waals surface area contributed by atoms with Crippen LogP contribution in [0.2, 0.25) is 5.02 Å². The highest BCUT2D eigenvalue weighted by atomic mass is 35.5. The van der Waals surface area contributed by atoms with Crippen molar-refractivity contribution in [2.24, 2.45) is 0 Å². The molecule has 164 valence electrons. The van der Waals surface area contributed by atoms with Crippen LogP contribution in [0.1, 0.15) is 17.2 Å². The molecule has 0 aliphatic carbocycles. The first-order valence-corrected chi connectivity index (χ1v) is 9.92. The van der Waals surface area contributed by atoms with E-state index in [9.17, 15) is 14.7 Å². The molecular formula is C22H24ClN3O5. The van der Waals surface area contributed by atoms with Crippen LogP contribution in [0.3, 0.4) is 0 Å². The third-order valence-corrected chi connectivity index (χ3v) is 5.37. The molecule has 1 aliphatic rings. The van der Waals surface area contributed by atoms with Gasteiger partial charge >= 0.3 is 0 Å². The van der Waals surface area contributed by atoms with Gasteiger partial charge in [0.2, 0.25) is 0 Å². The molecule has 1 fully saturated rings.